The molecule has 0 aromatic heterocycles. The van der Waals surface area contributed by atoms with Gasteiger partial charge in [0.25, 0.3) is 5.91 Å². The average molecular weight is 324 g/mol. The molecule has 104 valence electrons. The van der Waals surface area contributed by atoms with Gasteiger partial charge in [0.2, 0.25) is 0 Å². The van der Waals surface area contributed by atoms with E-state index in [1.807, 2.05) is 25.1 Å². The Balaban J connectivity index is 1.96. The van der Waals surface area contributed by atoms with E-state index in [9.17, 15) is 4.79 Å². The molecule has 0 bridgehead atoms. The first-order chi connectivity index (χ1) is 9.16. The number of carbonyl (C=O) groups excluding carboxylic acids is 1. The Hall–Kier alpha value is -0.830. The van der Waals surface area contributed by atoms with Crippen molar-refractivity contribution in [1.82, 2.24) is 5.32 Å². The molecule has 1 N–H and O–H groups in total. The molecule has 19 heavy (non-hydrogen) atoms. The molecule has 0 heterocycles. The third-order valence-electron chi connectivity index (χ3n) is 3.86. The fourth-order valence-corrected chi connectivity index (χ4v) is 2.90. The van der Waals surface area contributed by atoms with Gasteiger partial charge in [0.05, 0.1) is 0 Å². The highest BCUT2D eigenvalue weighted by Gasteiger charge is 2.15. The second-order valence-electron chi connectivity index (χ2n) is 5.48. The number of carbonyl (C=O) groups is 1. The van der Waals surface area contributed by atoms with Crippen LogP contribution in [0.3, 0.4) is 0 Å². The SMILES string of the molecule is Cc1cc(C(=O)NC2CCCCCCC2)ccc1Br. The van der Waals surface area contributed by atoms with Crippen LogP contribution in [0.1, 0.15) is 60.9 Å². The summed E-state index contributed by atoms with van der Waals surface area (Å²) in [6.45, 7) is 2.01. The molecule has 1 amide bonds. The maximum atomic E-state index is 12.2. The Morgan fingerprint density at radius 1 is 1.16 bits per heavy atom. The summed E-state index contributed by atoms with van der Waals surface area (Å²) in [6.07, 6.45) is 8.71. The van der Waals surface area contributed by atoms with Gasteiger partial charge in [-0.1, -0.05) is 48.0 Å². The van der Waals surface area contributed by atoms with Gasteiger partial charge in [0, 0.05) is 16.1 Å². The van der Waals surface area contributed by atoms with Crippen LogP contribution in [0.5, 0.6) is 0 Å². The lowest BCUT2D eigenvalue weighted by molar-refractivity contribution is 0.0930. The summed E-state index contributed by atoms with van der Waals surface area (Å²) in [6, 6.07) is 6.14. The highest BCUT2D eigenvalue weighted by molar-refractivity contribution is 9.10. The lowest BCUT2D eigenvalue weighted by Gasteiger charge is -2.21. The van der Waals surface area contributed by atoms with Crippen molar-refractivity contribution in [3.05, 3.63) is 33.8 Å². The minimum atomic E-state index is 0.0705. The van der Waals surface area contributed by atoms with E-state index in [2.05, 4.69) is 21.2 Å². The van der Waals surface area contributed by atoms with E-state index in [1.165, 1.54) is 32.1 Å². The third-order valence-corrected chi connectivity index (χ3v) is 4.75. The first kappa shape index (κ1) is 14.6. The van der Waals surface area contributed by atoms with Crippen LogP contribution in [0.15, 0.2) is 22.7 Å². The van der Waals surface area contributed by atoms with Crippen molar-refractivity contribution in [3.63, 3.8) is 0 Å². The highest BCUT2D eigenvalue weighted by Crippen LogP contribution is 2.19. The van der Waals surface area contributed by atoms with Crippen LogP contribution in [0.2, 0.25) is 0 Å². The summed E-state index contributed by atoms with van der Waals surface area (Å²) in [4.78, 5) is 12.2. The van der Waals surface area contributed by atoms with Gasteiger partial charge in [-0.2, -0.15) is 0 Å². The standard InChI is InChI=1S/C16H22BrNO/c1-12-11-13(9-10-15(12)17)16(19)18-14-7-5-3-2-4-6-8-14/h9-11,14H,2-8H2,1H3,(H,18,19). The predicted molar refractivity (Wildman–Crippen MR) is 82.5 cm³/mol. The maximum Gasteiger partial charge on any atom is 0.251 e. The van der Waals surface area contributed by atoms with Crippen molar-refractivity contribution in [2.75, 3.05) is 0 Å². The number of rotatable bonds is 2. The monoisotopic (exact) mass is 323 g/mol. The molecular weight excluding hydrogens is 302 g/mol. The van der Waals surface area contributed by atoms with Gasteiger partial charge in [-0.15, -0.1) is 0 Å². The van der Waals surface area contributed by atoms with Crippen molar-refractivity contribution in [2.24, 2.45) is 0 Å². The van der Waals surface area contributed by atoms with Gasteiger partial charge >= 0.3 is 0 Å². The molecule has 2 rings (SSSR count). The minimum absolute atomic E-state index is 0.0705. The van der Waals surface area contributed by atoms with Crippen LogP contribution in [-0.2, 0) is 0 Å². The van der Waals surface area contributed by atoms with Crippen LogP contribution < -0.4 is 5.32 Å². The van der Waals surface area contributed by atoms with Crippen molar-refractivity contribution < 1.29 is 4.79 Å². The summed E-state index contributed by atoms with van der Waals surface area (Å²) >= 11 is 3.46. The fraction of sp³-hybridized carbons (Fsp3) is 0.562. The normalized spacial score (nSPS) is 17.6. The molecule has 0 saturated heterocycles. The van der Waals surface area contributed by atoms with E-state index in [-0.39, 0.29) is 5.91 Å². The van der Waals surface area contributed by atoms with Crippen LogP contribution in [0.4, 0.5) is 0 Å². The molecule has 0 atom stereocenters. The highest BCUT2D eigenvalue weighted by atomic mass is 79.9. The molecule has 0 aliphatic heterocycles. The Morgan fingerprint density at radius 2 is 1.79 bits per heavy atom. The van der Waals surface area contributed by atoms with Crippen molar-refractivity contribution in [2.45, 2.75) is 57.9 Å². The smallest absolute Gasteiger partial charge is 0.251 e. The van der Waals surface area contributed by atoms with E-state index in [1.54, 1.807) is 0 Å². The number of aryl methyl sites for hydroxylation is 1. The summed E-state index contributed by atoms with van der Waals surface area (Å²) in [5.41, 5.74) is 1.87. The summed E-state index contributed by atoms with van der Waals surface area (Å²) in [7, 11) is 0. The molecule has 2 nitrogen and oxygen atoms in total. The predicted octanol–water partition coefficient (Wildman–Crippen LogP) is 4.60. The molecule has 1 aromatic rings. The lowest BCUT2D eigenvalue weighted by atomic mass is 9.96. The molecule has 1 aromatic carbocycles. The first-order valence-electron chi connectivity index (χ1n) is 7.24. The van der Waals surface area contributed by atoms with Crippen molar-refractivity contribution in [1.29, 1.82) is 0 Å². The van der Waals surface area contributed by atoms with Crippen LogP contribution in [-0.4, -0.2) is 11.9 Å². The van der Waals surface area contributed by atoms with Crippen molar-refractivity contribution in [3.8, 4) is 0 Å². The zero-order valence-electron chi connectivity index (χ0n) is 11.5. The van der Waals surface area contributed by atoms with Gasteiger partial charge in [0.15, 0.2) is 0 Å². The summed E-state index contributed by atoms with van der Waals surface area (Å²) in [5, 5.41) is 3.20. The molecule has 1 aliphatic rings. The summed E-state index contributed by atoms with van der Waals surface area (Å²) < 4.78 is 1.05. The zero-order valence-corrected chi connectivity index (χ0v) is 13.1. The van der Waals surface area contributed by atoms with Crippen LogP contribution in [0, 0.1) is 6.92 Å². The van der Waals surface area contributed by atoms with E-state index >= 15 is 0 Å². The zero-order chi connectivity index (χ0) is 13.7. The van der Waals surface area contributed by atoms with Crippen LogP contribution in [0.25, 0.3) is 0 Å². The Morgan fingerprint density at radius 3 is 2.42 bits per heavy atom. The van der Waals surface area contributed by atoms with Gasteiger partial charge in [-0.25, -0.2) is 0 Å². The first-order valence-corrected chi connectivity index (χ1v) is 8.03. The van der Waals surface area contributed by atoms with E-state index in [0.717, 1.165) is 28.4 Å². The Kier molecular flexibility index (Phi) is 5.44. The van der Waals surface area contributed by atoms with Gasteiger partial charge < -0.3 is 5.32 Å². The van der Waals surface area contributed by atoms with Gasteiger partial charge in [-0.05, 0) is 43.5 Å². The molecule has 0 unspecified atom stereocenters. The number of hydrogen-bond acceptors (Lipinski definition) is 1. The molecule has 1 fully saturated rings. The van der Waals surface area contributed by atoms with Crippen LogP contribution >= 0.6 is 15.9 Å². The second kappa shape index (κ2) is 7.09. The van der Waals surface area contributed by atoms with Gasteiger partial charge in [0.1, 0.15) is 0 Å². The summed E-state index contributed by atoms with van der Waals surface area (Å²) in [5.74, 6) is 0.0705. The number of benzene rings is 1. The number of amides is 1. The molecular formula is C16H22BrNO. The van der Waals surface area contributed by atoms with Crippen molar-refractivity contribution >= 4 is 21.8 Å². The quantitative estimate of drug-likeness (QED) is 0.846. The van der Waals surface area contributed by atoms with E-state index < -0.39 is 0 Å². The molecule has 3 heteroatoms. The largest absolute Gasteiger partial charge is 0.349 e. The van der Waals surface area contributed by atoms with E-state index in [0.29, 0.717) is 6.04 Å². The fourth-order valence-electron chi connectivity index (χ4n) is 2.66. The molecule has 0 spiro atoms. The van der Waals surface area contributed by atoms with E-state index in [4.69, 9.17) is 0 Å². The Labute approximate surface area is 124 Å². The maximum absolute atomic E-state index is 12.2. The van der Waals surface area contributed by atoms with Gasteiger partial charge in [-0.3, -0.25) is 4.79 Å². The Bertz CT molecular complexity index is 436. The lowest BCUT2D eigenvalue weighted by Crippen LogP contribution is -2.35. The third kappa shape index (κ3) is 4.34. The molecule has 1 aliphatic carbocycles. The second-order valence-corrected chi connectivity index (χ2v) is 6.33. The molecule has 1 saturated carbocycles. The average Bonchev–Trinajstić information content (AvgIpc) is 2.35. The topological polar surface area (TPSA) is 29.1 Å². The molecule has 0 radical (unpaired) electrons. The number of nitrogens with one attached hydrogen (secondary N) is 1. The number of hydrogen-bond donors (Lipinski definition) is 1. The minimum Gasteiger partial charge on any atom is -0.349 e. The number of halogens is 1.